The maximum absolute atomic E-state index is 13.7. The quantitative estimate of drug-likeness (QED) is 0.246. The molecular formula is C28H24N2O5S. The fourth-order valence-corrected chi connectivity index (χ4v) is 5.36. The van der Waals surface area contributed by atoms with E-state index in [-0.39, 0.29) is 33.4 Å². The van der Waals surface area contributed by atoms with E-state index in [9.17, 15) is 14.4 Å². The number of carbonyl (C=O) groups excluding carboxylic acids is 2. The number of carbonyl (C=O) groups is 2. The van der Waals surface area contributed by atoms with Crippen LogP contribution < -0.4 is 10.3 Å². The van der Waals surface area contributed by atoms with Crippen LogP contribution in [0.25, 0.3) is 11.0 Å². The number of rotatable bonds is 6. The summed E-state index contributed by atoms with van der Waals surface area (Å²) >= 11 is 1.05. The number of thiazole rings is 1. The van der Waals surface area contributed by atoms with Gasteiger partial charge in [0.15, 0.2) is 10.6 Å². The van der Waals surface area contributed by atoms with E-state index in [0.29, 0.717) is 22.6 Å². The average Bonchev–Trinajstić information content (AvgIpc) is 3.40. The summed E-state index contributed by atoms with van der Waals surface area (Å²) < 4.78 is 11.2. The molecule has 5 rings (SSSR count). The molecule has 0 N–H and O–H groups in total. The zero-order chi connectivity index (χ0) is 25.6. The number of esters is 1. The molecule has 0 bridgehead atoms. The van der Waals surface area contributed by atoms with E-state index >= 15 is 0 Å². The molecule has 2 aromatic heterocycles. The van der Waals surface area contributed by atoms with E-state index in [1.807, 2.05) is 24.3 Å². The van der Waals surface area contributed by atoms with Gasteiger partial charge in [-0.25, -0.2) is 9.78 Å². The highest BCUT2D eigenvalue weighted by atomic mass is 32.1. The van der Waals surface area contributed by atoms with Crippen LogP contribution in [0.15, 0.2) is 70.4 Å². The summed E-state index contributed by atoms with van der Waals surface area (Å²) in [6.07, 6.45) is 1.48. The van der Waals surface area contributed by atoms with E-state index < -0.39 is 17.9 Å². The molecule has 1 aliphatic rings. The maximum atomic E-state index is 13.7. The first-order chi connectivity index (χ1) is 17.3. The molecule has 0 spiro atoms. The second-order valence-corrected chi connectivity index (χ2v) is 9.84. The van der Waals surface area contributed by atoms with Gasteiger partial charge in [-0.15, -0.1) is 0 Å². The van der Waals surface area contributed by atoms with Crippen LogP contribution in [0.2, 0.25) is 0 Å². The van der Waals surface area contributed by atoms with Gasteiger partial charge in [0, 0.05) is 0 Å². The number of ether oxygens (including phenoxy) is 1. The smallest absolute Gasteiger partial charge is 0.350 e. The largest absolute Gasteiger partial charge is 0.457 e. The zero-order valence-electron chi connectivity index (χ0n) is 20.1. The maximum Gasteiger partial charge on any atom is 0.350 e. The number of hydrogen-bond acceptors (Lipinski definition) is 7. The summed E-state index contributed by atoms with van der Waals surface area (Å²) in [5, 5.41) is 0.689. The van der Waals surface area contributed by atoms with Crippen molar-refractivity contribution in [1.29, 1.82) is 0 Å². The molecule has 0 fully saturated rings. The van der Waals surface area contributed by atoms with Crippen molar-refractivity contribution in [3.05, 3.63) is 104 Å². The molecule has 36 heavy (non-hydrogen) atoms. The van der Waals surface area contributed by atoms with Gasteiger partial charge in [0.25, 0.3) is 5.91 Å². The molecule has 4 aromatic rings. The van der Waals surface area contributed by atoms with Crippen molar-refractivity contribution in [3.8, 4) is 0 Å². The van der Waals surface area contributed by atoms with Crippen LogP contribution in [0.1, 0.15) is 68.4 Å². The number of para-hydroxylation sites is 1. The number of fused-ring (bicyclic) bond motifs is 2. The van der Waals surface area contributed by atoms with Crippen molar-refractivity contribution in [2.75, 3.05) is 11.5 Å². The third-order valence-corrected chi connectivity index (χ3v) is 7.34. The summed E-state index contributed by atoms with van der Waals surface area (Å²) in [7, 11) is 0. The molecule has 1 atom stereocenters. The van der Waals surface area contributed by atoms with Gasteiger partial charge in [0.1, 0.15) is 17.1 Å². The molecule has 0 saturated carbocycles. The molecule has 8 heteroatoms. The third-order valence-electron chi connectivity index (χ3n) is 6.21. The minimum absolute atomic E-state index is 0.0136. The molecular weight excluding hydrogens is 476 g/mol. The fraction of sp³-hybridized carbons (Fsp3) is 0.214. The predicted molar refractivity (Wildman–Crippen MR) is 139 cm³/mol. The highest BCUT2D eigenvalue weighted by Gasteiger charge is 2.45. The Morgan fingerprint density at radius 3 is 2.61 bits per heavy atom. The lowest BCUT2D eigenvalue weighted by atomic mass is 9.95. The summed E-state index contributed by atoms with van der Waals surface area (Å²) in [5.74, 6) is -0.712. The van der Waals surface area contributed by atoms with Crippen molar-refractivity contribution in [2.24, 2.45) is 0 Å². The Balaban J connectivity index is 1.70. The Hall–Kier alpha value is -4.04. The highest BCUT2D eigenvalue weighted by Crippen LogP contribution is 2.43. The van der Waals surface area contributed by atoms with Gasteiger partial charge in [-0.05, 0) is 36.1 Å². The van der Waals surface area contributed by atoms with Gasteiger partial charge < -0.3 is 9.15 Å². The zero-order valence-corrected chi connectivity index (χ0v) is 20.9. The lowest BCUT2D eigenvalue weighted by Gasteiger charge is -2.23. The monoisotopic (exact) mass is 500 g/mol. The number of nitrogens with zero attached hydrogens (tertiary/aromatic N) is 2. The first-order valence-corrected chi connectivity index (χ1v) is 12.4. The number of amides is 1. The fourth-order valence-electron chi connectivity index (χ4n) is 4.37. The van der Waals surface area contributed by atoms with Crippen molar-refractivity contribution >= 4 is 39.3 Å². The second kappa shape index (κ2) is 9.20. The third kappa shape index (κ3) is 3.83. The molecule has 1 aliphatic heterocycles. The van der Waals surface area contributed by atoms with Crippen molar-refractivity contribution in [1.82, 2.24) is 4.98 Å². The Labute approximate surface area is 211 Å². The molecule has 1 unspecified atom stereocenters. The number of benzene rings is 2. The van der Waals surface area contributed by atoms with Crippen molar-refractivity contribution in [3.63, 3.8) is 0 Å². The first kappa shape index (κ1) is 23.7. The van der Waals surface area contributed by atoms with Gasteiger partial charge in [-0.1, -0.05) is 74.2 Å². The molecule has 0 saturated heterocycles. The summed E-state index contributed by atoms with van der Waals surface area (Å²) in [6, 6.07) is 13.9. The second-order valence-electron chi connectivity index (χ2n) is 8.87. The Bertz CT molecular complexity index is 1570. The minimum atomic E-state index is -0.753. The van der Waals surface area contributed by atoms with Crippen LogP contribution in [-0.4, -0.2) is 23.5 Å². The number of anilines is 1. The lowest BCUT2D eigenvalue weighted by Crippen LogP contribution is -2.29. The van der Waals surface area contributed by atoms with Crippen LogP contribution >= 0.6 is 11.3 Å². The normalized spacial score (nSPS) is 14.9. The number of hydrogen-bond donors (Lipinski definition) is 0. The SMILES string of the molecule is C=CCOC(=O)c1sc(N2C(=O)c3oc4ccccc4c(=O)c3C2c2ccc(C(C)C)cc2)nc1C. The van der Waals surface area contributed by atoms with E-state index in [1.54, 1.807) is 31.2 Å². The Morgan fingerprint density at radius 1 is 1.19 bits per heavy atom. The number of aromatic nitrogens is 1. The van der Waals surface area contributed by atoms with Crippen LogP contribution in [0, 0.1) is 6.92 Å². The van der Waals surface area contributed by atoms with E-state index in [0.717, 1.165) is 22.5 Å². The molecule has 3 heterocycles. The summed E-state index contributed by atoms with van der Waals surface area (Å²) in [5.41, 5.74) is 2.66. The number of aryl methyl sites for hydroxylation is 1. The molecule has 0 radical (unpaired) electrons. The van der Waals surface area contributed by atoms with Gasteiger partial charge >= 0.3 is 5.97 Å². The predicted octanol–water partition coefficient (Wildman–Crippen LogP) is 5.77. The van der Waals surface area contributed by atoms with Crippen LogP contribution in [0.5, 0.6) is 0 Å². The Kier molecular flexibility index (Phi) is 6.05. The molecule has 2 aromatic carbocycles. The van der Waals surface area contributed by atoms with Gasteiger partial charge in [0.05, 0.1) is 22.7 Å². The highest BCUT2D eigenvalue weighted by molar-refractivity contribution is 7.17. The Morgan fingerprint density at radius 2 is 1.92 bits per heavy atom. The lowest BCUT2D eigenvalue weighted by molar-refractivity contribution is 0.0554. The van der Waals surface area contributed by atoms with Gasteiger partial charge in [-0.2, -0.15) is 0 Å². The topological polar surface area (TPSA) is 89.7 Å². The molecule has 182 valence electrons. The minimum Gasteiger partial charge on any atom is -0.457 e. The van der Waals surface area contributed by atoms with Gasteiger partial charge in [-0.3, -0.25) is 14.5 Å². The average molecular weight is 501 g/mol. The van der Waals surface area contributed by atoms with E-state index in [4.69, 9.17) is 9.15 Å². The summed E-state index contributed by atoms with van der Waals surface area (Å²) in [4.78, 5) is 46.2. The first-order valence-electron chi connectivity index (χ1n) is 11.6. The molecule has 0 aliphatic carbocycles. The summed E-state index contributed by atoms with van der Waals surface area (Å²) in [6.45, 7) is 9.51. The van der Waals surface area contributed by atoms with Crippen LogP contribution in [0.4, 0.5) is 5.13 Å². The van der Waals surface area contributed by atoms with E-state index in [2.05, 4.69) is 25.4 Å². The molecule has 1 amide bonds. The van der Waals surface area contributed by atoms with E-state index in [1.165, 1.54) is 11.0 Å². The van der Waals surface area contributed by atoms with Crippen molar-refractivity contribution in [2.45, 2.75) is 32.7 Å². The van der Waals surface area contributed by atoms with Crippen LogP contribution in [0.3, 0.4) is 0 Å². The van der Waals surface area contributed by atoms with Crippen LogP contribution in [-0.2, 0) is 4.74 Å². The van der Waals surface area contributed by atoms with Crippen molar-refractivity contribution < 1.29 is 18.7 Å². The standard InChI is InChI=1S/C28H24N2O5S/c1-5-14-34-27(33)25-16(4)29-28(36-25)30-22(18-12-10-17(11-13-18)15(2)3)21-23(31)19-8-6-7-9-20(19)35-24(21)26(30)32/h5-13,15,22H,1,14H2,2-4H3. The van der Waals surface area contributed by atoms with Gasteiger partial charge in [0.2, 0.25) is 5.76 Å². The molecule has 7 nitrogen and oxygen atoms in total.